The molecule has 1 aromatic rings. The Morgan fingerprint density at radius 1 is 1.19 bits per heavy atom. The Labute approximate surface area is 126 Å². The van der Waals surface area contributed by atoms with E-state index >= 15 is 0 Å². The molecule has 0 aromatic heterocycles. The highest BCUT2D eigenvalue weighted by Gasteiger charge is 2.26. The predicted molar refractivity (Wildman–Crippen MR) is 81.3 cm³/mol. The first-order valence-corrected chi connectivity index (χ1v) is 7.59. The molecule has 0 unspecified atom stereocenters. The van der Waals surface area contributed by atoms with Gasteiger partial charge in [-0.25, -0.2) is 0 Å². The van der Waals surface area contributed by atoms with Crippen molar-refractivity contribution in [2.45, 2.75) is 26.7 Å². The Balaban J connectivity index is 1.84. The van der Waals surface area contributed by atoms with Crippen molar-refractivity contribution in [3.63, 3.8) is 0 Å². The summed E-state index contributed by atoms with van der Waals surface area (Å²) in [6.07, 6.45) is 1.62. The molecule has 0 saturated carbocycles. The van der Waals surface area contributed by atoms with E-state index in [9.17, 15) is 9.59 Å². The van der Waals surface area contributed by atoms with Crippen LogP contribution in [0.2, 0.25) is 0 Å². The summed E-state index contributed by atoms with van der Waals surface area (Å²) >= 11 is 0. The van der Waals surface area contributed by atoms with Gasteiger partial charge >= 0.3 is 5.97 Å². The number of likely N-dealkylation sites (tertiary alicyclic amines) is 1. The van der Waals surface area contributed by atoms with Crippen molar-refractivity contribution in [3.8, 4) is 0 Å². The highest BCUT2D eigenvalue weighted by molar-refractivity contribution is 5.97. The highest BCUT2D eigenvalue weighted by Crippen LogP contribution is 2.22. The molecule has 4 heteroatoms. The van der Waals surface area contributed by atoms with Crippen molar-refractivity contribution in [1.82, 2.24) is 4.90 Å². The van der Waals surface area contributed by atoms with Crippen LogP contribution in [0.5, 0.6) is 0 Å². The Bertz CT molecular complexity index is 487. The number of esters is 1. The van der Waals surface area contributed by atoms with Gasteiger partial charge in [0, 0.05) is 11.5 Å². The molecule has 4 nitrogen and oxygen atoms in total. The normalized spacial score (nSPS) is 16.7. The molecule has 21 heavy (non-hydrogen) atoms. The minimum atomic E-state index is -0.180. The molecule has 1 aliphatic heterocycles. The molecule has 0 N–H and O–H groups in total. The molecule has 0 bridgehead atoms. The second-order valence-corrected chi connectivity index (χ2v) is 5.59. The molecule has 0 radical (unpaired) electrons. The lowest BCUT2D eigenvalue weighted by atomic mass is 9.88. The lowest BCUT2D eigenvalue weighted by molar-refractivity contribution is -0.144. The maximum atomic E-state index is 12.4. The zero-order chi connectivity index (χ0) is 15.2. The van der Waals surface area contributed by atoms with Gasteiger partial charge in [-0.15, -0.1) is 0 Å². The van der Waals surface area contributed by atoms with Gasteiger partial charge in [-0.2, -0.15) is 0 Å². The van der Waals surface area contributed by atoms with Crippen molar-refractivity contribution in [2.24, 2.45) is 5.92 Å². The van der Waals surface area contributed by atoms with Crippen molar-refractivity contribution in [1.29, 1.82) is 0 Å². The van der Waals surface area contributed by atoms with Crippen LogP contribution in [0.4, 0.5) is 0 Å². The van der Waals surface area contributed by atoms with Gasteiger partial charge in [-0.1, -0.05) is 29.8 Å². The lowest BCUT2D eigenvalue weighted by Crippen LogP contribution is -2.39. The second-order valence-electron chi connectivity index (χ2n) is 5.59. The molecule has 1 aromatic carbocycles. The molecule has 0 amide bonds. The van der Waals surface area contributed by atoms with Crippen LogP contribution in [-0.2, 0) is 9.53 Å². The fraction of sp³-hybridized carbons (Fsp3) is 0.529. The number of ether oxygens (including phenoxy) is 1. The van der Waals surface area contributed by atoms with Crippen LogP contribution in [0.15, 0.2) is 24.3 Å². The van der Waals surface area contributed by atoms with Gasteiger partial charge in [-0.3, -0.25) is 14.5 Å². The molecule has 1 saturated heterocycles. The Hall–Kier alpha value is -1.68. The summed E-state index contributed by atoms with van der Waals surface area (Å²) in [4.78, 5) is 25.9. The summed E-state index contributed by atoms with van der Waals surface area (Å²) in [7, 11) is 0. The van der Waals surface area contributed by atoms with Crippen LogP contribution in [0.1, 0.15) is 35.7 Å². The van der Waals surface area contributed by atoms with E-state index in [-0.39, 0.29) is 17.7 Å². The summed E-state index contributed by atoms with van der Waals surface area (Å²) in [6.45, 7) is 6.13. The molecule has 1 fully saturated rings. The molecule has 0 spiro atoms. The summed E-state index contributed by atoms with van der Waals surface area (Å²) in [5.41, 5.74) is 1.96. The molecule has 0 aliphatic carbocycles. The van der Waals surface area contributed by atoms with E-state index in [4.69, 9.17) is 4.74 Å². The predicted octanol–water partition coefficient (Wildman–Crippen LogP) is 2.45. The van der Waals surface area contributed by atoms with Gasteiger partial charge in [0.1, 0.15) is 0 Å². The van der Waals surface area contributed by atoms with Crippen molar-refractivity contribution < 1.29 is 14.3 Å². The maximum absolute atomic E-state index is 12.4. The van der Waals surface area contributed by atoms with E-state index in [1.165, 1.54) is 0 Å². The number of carbonyl (C=O) groups is 2. The number of nitrogens with zero attached hydrogens (tertiary/aromatic N) is 1. The molecule has 0 atom stereocenters. The first-order chi connectivity index (χ1) is 10.1. The molecule has 114 valence electrons. The zero-order valence-corrected chi connectivity index (χ0v) is 12.8. The molecule has 2 rings (SSSR count). The number of aryl methyl sites for hydroxylation is 1. The summed E-state index contributed by atoms with van der Waals surface area (Å²) < 4.78 is 4.95. The SMILES string of the molecule is CCOC(=O)CN1CCC(C(=O)c2ccc(C)cc2)CC1. The van der Waals surface area contributed by atoms with Crippen molar-refractivity contribution in [3.05, 3.63) is 35.4 Å². The number of ketones is 1. The van der Waals surface area contributed by atoms with Gasteiger partial charge in [0.2, 0.25) is 0 Å². The number of hydrogen-bond donors (Lipinski definition) is 0. The first-order valence-electron chi connectivity index (χ1n) is 7.59. The minimum absolute atomic E-state index is 0.0751. The number of carbonyl (C=O) groups excluding carboxylic acids is 2. The van der Waals surface area contributed by atoms with E-state index in [2.05, 4.69) is 4.90 Å². The first kappa shape index (κ1) is 15.7. The Kier molecular flexibility index (Phi) is 5.51. The van der Waals surface area contributed by atoms with Crippen LogP contribution >= 0.6 is 0 Å². The molecule has 1 heterocycles. The van der Waals surface area contributed by atoms with Crippen molar-refractivity contribution >= 4 is 11.8 Å². The van der Waals surface area contributed by atoms with E-state index in [1.54, 1.807) is 0 Å². The van der Waals surface area contributed by atoms with Crippen LogP contribution < -0.4 is 0 Å². The Morgan fingerprint density at radius 2 is 1.81 bits per heavy atom. The number of hydrogen-bond acceptors (Lipinski definition) is 4. The number of piperidine rings is 1. The second kappa shape index (κ2) is 7.36. The smallest absolute Gasteiger partial charge is 0.320 e. The van der Waals surface area contributed by atoms with E-state index in [1.807, 2.05) is 38.1 Å². The van der Waals surface area contributed by atoms with Gasteiger partial charge < -0.3 is 4.74 Å². The van der Waals surface area contributed by atoms with Crippen LogP contribution in [0.25, 0.3) is 0 Å². The minimum Gasteiger partial charge on any atom is -0.465 e. The zero-order valence-electron chi connectivity index (χ0n) is 12.8. The summed E-state index contributed by atoms with van der Waals surface area (Å²) in [5, 5.41) is 0. The maximum Gasteiger partial charge on any atom is 0.320 e. The van der Waals surface area contributed by atoms with Crippen LogP contribution in [0, 0.1) is 12.8 Å². The summed E-state index contributed by atoms with van der Waals surface area (Å²) in [5.74, 6) is 0.123. The van der Waals surface area contributed by atoms with Gasteiger partial charge in [0.05, 0.1) is 13.2 Å². The molecular formula is C17H23NO3. The van der Waals surface area contributed by atoms with E-state index < -0.39 is 0 Å². The number of rotatable bonds is 5. The van der Waals surface area contributed by atoms with Crippen LogP contribution in [0.3, 0.4) is 0 Å². The summed E-state index contributed by atoms with van der Waals surface area (Å²) in [6, 6.07) is 7.76. The number of Topliss-reactive ketones (excluding diaryl/α,β-unsaturated/α-hetero) is 1. The lowest BCUT2D eigenvalue weighted by Gasteiger charge is -2.30. The topological polar surface area (TPSA) is 46.6 Å². The Morgan fingerprint density at radius 3 is 2.38 bits per heavy atom. The average molecular weight is 289 g/mol. The number of benzene rings is 1. The fourth-order valence-electron chi connectivity index (χ4n) is 2.70. The standard InChI is InChI=1S/C17H23NO3/c1-3-21-16(19)12-18-10-8-15(9-11-18)17(20)14-6-4-13(2)5-7-14/h4-7,15H,3,8-12H2,1-2H3. The molecule has 1 aliphatic rings. The van der Waals surface area contributed by atoms with E-state index in [0.717, 1.165) is 37.1 Å². The highest BCUT2D eigenvalue weighted by atomic mass is 16.5. The van der Waals surface area contributed by atoms with E-state index in [0.29, 0.717) is 13.2 Å². The quantitative estimate of drug-likeness (QED) is 0.617. The largest absolute Gasteiger partial charge is 0.465 e. The van der Waals surface area contributed by atoms with Crippen molar-refractivity contribution in [2.75, 3.05) is 26.2 Å². The van der Waals surface area contributed by atoms with Gasteiger partial charge in [0.15, 0.2) is 5.78 Å². The third kappa shape index (κ3) is 4.39. The third-order valence-electron chi connectivity index (χ3n) is 3.95. The van der Waals surface area contributed by atoms with Gasteiger partial charge in [-0.05, 0) is 39.8 Å². The fourth-order valence-corrected chi connectivity index (χ4v) is 2.70. The molecular weight excluding hydrogens is 266 g/mol. The van der Waals surface area contributed by atoms with Gasteiger partial charge in [0.25, 0.3) is 0 Å². The van der Waals surface area contributed by atoms with Crippen LogP contribution in [-0.4, -0.2) is 42.9 Å². The third-order valence-corrected chi connectivity index (χ3v) is 3.95. The monoisotopic (exact) mass is 289 g/mol. The average Bonchev–Trinajstić information content (AvgIpc) is 2.48.